The predicted molar refractivity (Wildman–Crippen MR) is 63.4 cm³/mol. The maximum atomic E-state index is 11.3. The summed E-state index contributed by atoms with van der Waals surface area (Å²) in [4.78, 5) is 11.3. The van der Waals surface area contributed by atoms with Crippen molar-refractivity contribution in [2.24, 2.45) is 0 Å². The molecule has 15 heavy (non-hydrogen) atoms. The zero-order valence-corrected chi connectivity index (χ0v) is 8.95. The Labute approximate surface area is 89.9 Å². The molecule has 0 saturated heterocycles. The lowest BCUT2D eigenvalue weighted by molar-refractivity contribution is -0.112. The molecule has 1 rings (SSSR count). The SMILES string of the molecule is C=C(C)C(=O)Nc1cccc(B(C)O)c1. The van der Waals surface area contributed by atoms with Crippen molar-refractivity contribution in [3.63, 3.8) is 0 Å². The van der Waals surface area contributed by atoms with Crippen LogP contribution < -0.4 is 10.8 Å². The first-order chi connectivity index (χ1) is 7.00. The number of rotatable bonds is 3. The summed E-state index contributed by atoms with van der Waals surface area (Å²) in [6.45, 7) is 6.34. The summed E-state index contributed by atoms with van der Waals surface area (Å²) in [7, 11) is 0. The van der Waals surface area contributed by atoms with Crippen molar-refractivity contribution >= 4 is 24.0 Å². The number of nitrogens with one attached hydrogen (secondary N) is 1. The lowest BCUT2D eigenvalue weighted by atomic mass is 9.64. The molecule has 0 aliphatic heterocycles. The number of amides is 1. The van der Waals surface area contributed by atoms with Crippen molar-refractivity contribution in [2.45, 2.75) is 13.7 Å². The molecule has 0 heterocycles. The molecule has 0 fully saturated rings. The number of hydrogen-bond donors (Lipinski definition) is 2. The molecule has 0 atom stereocenters. The van der Waals surface area contributed by atoms with E-state index in [1.807, 2.05) is 0 Å². The minimum Gasteiger partial charge on any atom is -0.446 e. The van der Waals surface area contributed by atoms with Gasteiger partial charge in [0.05, 0.1) is 0 Å². The zero-order valence-electron chi connectivity index (χ0n) is 8.95. The summed E-state index contributed by atoms with van der Waals surface area (Å²) in [5, 5.41) is 12.0. The van der Waals surface area contributed by atoms with E-state index in [0.717, 1.165) is 5.46 Å². The van der Waals surface area contributed by atoms with Crippen LogP contribution in [0.15, 0.2) is 36.4 Å². The fourth-order valence-electron chi connectivity index (χ4n) is 1.11. The Morgan fingerprint density at radius 3 is 2.73 bits per heavy atom. The quantitative estimate of drug-likeness (QED) is 0.569. The number of hydrogen-bond acceptors (Lipinski definition) is 2. The van der Waals surface area contributed by atoms with Crippen LogP contribution in [0.25, 0.3) is 0 Å². The first-order valence-electron chi connectivity index (χ1n) is 4.75. The smallest absolute Gasteiger partial charge is 0.320 e. The summed E-state index contributed by atoms with van der Waals surface area (Å²) >= 11 is 0. The number of benzene rings is 1. The van der Waals surface area contributed by atoms with Gasteiger partial charge in [0, 0.05) is 11.3 Å². The van der Waals surface area contributed by atoms with E-state index in [1.54, 1.807) is 38.0 Å². The van der Waals surface area contributed by atoms with Gasteiger partial charge in [0.2, 0.25) is 0 Å². The van der Waals surface area contributed by atoms with Crippen molar-refractivity contribution in [3.05, 3.63) is 36.4 Å². The van der Waals surface area contributed by atoms with Crippen molar-refractivity contribution in [1.29, 1.82) is 0 Å². The molecule has 0 aromatic heterocycles. The van der Waals surface area contributed by atoms with Crippen molar-refractivity contribution in [1.82, 2.24) is 0 Å². The van der Waals surface area contributed by atoms with Gasteiger partial charge in [-0.1, -0.05) is 25.5 Å². The second-order valence-corrected chi connectivity index (χ2v) is 3.54. The average Bonchev–Trinajstić information content (AvgIpc) is 2.18. The highest BCUT2D eigenvalue weighted by Gasteiger charge is 2.08. The summed E-state index contributed by atoms with van der Waals surface area (Å²) in [6.07, 6.45) is 0. The second-order valence-electron chi connectivity index (χ2n) is 3.54. The van der Waals surface area contributed by atoms with Gasteiger partial charge in [0.15, 0.2) is 0 Å². The third kappa shape index (κ3) is 3.25. The van der Waals surface area contributed by atoms with E-state index >= 15 is 0 Å². The molecule has 0 bridgehead atoms. The van der Waals surface area contributed by atoms with E-state index < -0.39 is 6.92 Å². The number of carbonyl (C=O) groups excluding carboxylic acids is 1. The maximum Gasteiger partial charge on any atom is 0.320 e. The Morgan fingerprint density at radius 2 is 2.20 bits per heavy atom. The van der Waals surface area contributed by atoms with Crippen LogP contribution in [0.2, 0.25) is 6.82 Å². The number of carbonyl (C=O) groups is 1. The van der Waals surface area contributed by atoms with Crippen molar-refractivity contribution in [2.75, 3.05) is 5.32 Å². The van der Waals surface area contributed by atoms with Crippen LogP contribution in [-0.2, 0) is 4.79 Å². The summed E-state index contributed by atoms with van der Waals surface area (Å²) < 4.78 is 0. The lowest BCUT2D eigenvalue weighted by Crippen LogP contribution is -2.26. The van der Waals surface area contributed by atoms with E-state index in [-0.39, 0.29) is 5.91 Å². The van der Waals surface area contributed by atoms with Gasteiger partial charge < -0.3 is 10.3 Å². The molecule has 1 aromatic rings. The minimum atomic E-state index is -0.535. The standard InChI is InChI=1S/C11H14BNO2/c1-8(2)11(14)13-10-6-4-5-9(7-10)12(3)15/h4-7,15H,1H2,2-3H3,(H,13,14). The third-order valence-corrected chi connectivity index (χ3v) is 2.01. The molecule has 3 nitrogen and oxygen atoms in total. The summed E-state index contributed by atoms with van der Waals surface area (Å²) in [5.41, 5.74) is 1.90. The van der Waals surface area contributed by atoms with E-state index in [0.29, 0.717) is 11.3 Å². The van der Waals surface area contributed by atoms with Crippen LogP contribution >= 0.6 is 0 Å². The van der Waals surface area contributed by atoms with Gasteiger partial charge >= 0.3 is 6.92 Å². The van der Waals surface area contributed by atoms with E-state index in [4.69, 9.17) is 0 Å². The van der Waals surface area contributed by atoms with Gasteiger partial charge in [-0.05, 0) is 24.5 Å². The van der Waals surface area contributed by atoms with Crippen LogP contribution in [0.4, 0.5) is 5.69 Å². The largest absolute Gasteiger partial charge is 0.446 e. The predicted octanol–water partition coefficient (Wildman–Crippen LogP) is 1.02. The van der Waals surface area contributed by atoms with Crippen LogP contribution in [0.3, 0.4) is 0 Å². The van der Waals surface area contributed by atoms with Crippen LogP contribution in [0.1, 0.15) is 6.92 Å². The molecular weight excluding hydrogens is 189 g/mol. The maximum absolute atomic E-state index is 11.3. The average molecular weight is 203 g/mol. The highest BCUT2D eigenvalue weighted by Crippen LogP contribution is 2.05. The second kappa shape index (κ2) is 4.80. The molecule has 0 aliphatic carbocycles. The molecule has 0 unspecified atom stereocenters. The van der Waals surface area contributed by atoms with Crippen LogP contribution in [-0.4, -0.2) is 17.8 Å². The number of anilines is 1. The Kier molecular flexibility index (Phi) is 3.69. The van der Waals surface area contributed by atoms with Gasteiger partial charge in [-0.3, -0.25) is 4.79 Å². The molecule has 0 aliphatic rings. The van der Waals surface area contributed by atoms with E-state index in [9.17, 15) is 9.82 Å². The molecule has 78 valence electrons. The zero-order chi connectivity index (χ0) is 11.4. The first-order valence-corrected chi connectivity index (χ1v) is 4.75. The monoisotopic (exact) mass is 203 g/mol. The summed E-state index contributed by atoms with van der Waals surface area (Å²) in [6, 6.07) is 7.11. The molecule has 0 radical (unpaired) electrons. The van der Waals surface area contributed by atoms with Crippen molar-refractivity contribution in [3.8, 4) is 0 Å². The van der Waals surface area contributed by atoms with Gasteiger partial charge in [-0.25, -0.2) is 0 Å². The Bertz CT molecular complexity index is 388. The first kappa shape index (κ1) is 11.5. The fraction of sp³-hybridized carbons (Fsp3) is 0.182. The van der Waals surface area contributed by atoms with E-state index in [1.165, 1.54) is 0 Å². The van der Waals surface area contributed by atoms with Gasteiger partial charge in [0.1, 0.15) is 0 Å². The highest BCUT2D eigenvalue weighted by atomic mass is 16.2. The van der Waals surface area contributed by atoms with Crippen LogP contribution in [0, 0.1) is 0 Å². The Hall–Kier alpha value is -1.55. The van der Waals surface area contributed by atoms with Crippen LogP contribution in [0.5, 0.6) is 0 Å². The third-order valence-electron chi connectivity index (χ3n) is 2.01. The molecule has 0 saturated carbocycles. The molecule has 1 amide bonds. The summed E-state index contributed by atoms with van der Waals surface area (Å²) in [5.74, 6) is -0.210. The Morgan fingerprint density at radius 1 is 1.53 bits per heavy atom. The molecule has 0 spiro atoms. The Balaban J connectivity index is 2.82. The normalized spacial score (nSPS) is 9.53. The molecule has 1 aromatic carbocycles. The molecule has 4 heteroatoms. The minimum absolute atomic E-state index is 0.210. The fourth-order valence-corrected chi connectivity index (χ4v) is 1.11. The topological polar surface area (TPSA) is 49.3 Å². The molecule has 2 N–H and O–H groups in total. The van der Waals surface area contributed by atoms with Gasteiger partial charge in [-0.2, -0.15) is 0 Å². The van der Waals surface area contributed by atoms with E-state index in [2.05, 4.69) is 11.9 Å². The molecular formula is C11H14BNO2. The lowest BCUT2D eigenvalue weighted by Gasteiger charge is -2.07. The highest BCUT2D eigenvalue weighted by molar-refractivity contribution is 6.64. The van der Waals surface area contributed by atoms with Gasteiger partial charge in [-0.15, -0.1) is 0 Å². The van der Waals surface area contributed by atoms with Crippen molar-refractivity contribution < 1.29 is 9.82 Å². The van der Waals surface area contributed by atoms with Gasteiger partial charge in [0.25, 0.3) is 5.91 Å².